The first kappa shape index (κ1) is 14.3. The SMILES string of the molecule is Cn1nnnc1N1CCC[C@@H]2CN(Cc3nnsc3Cl)C[C@H]21. The van der Waals surface area contributed by atoms with Gasteiger partial charge in [0.05, 0.1) is 0 Å². The number of piperidine rings is 1. The van der Waals surface area contributed by atoms with Crippen LogP contribution < -0.4 is 4.90 Å². The molecule has 8 nitrogen and oxygen atoms in total. The molecule has 0 amide bonds. The molecule has 0 spiro atoms. The maximum absolute atomic E-state index is 6.13. The Morgan fingerprint density at radius 2 is 2.23 bits per heavy atom. The number of rotatable bonds is 3. The fourth-order valence-corrected chi connectivity index (χ4v) is 4.23. The number of fused-ring (bicyclic) bond motifs is 1. The Morgan fingerprint density at radius 3 is 2.95 bits per heavy atom. The lowest BCUT2D eigenvalue weighted by molar-refractivity contribution is 0.309. The number of nitrogens with zero attached hydrogens (tertiary/aromatic N) is 8. The average molecular weight is 341 g/mol. The lowest BCUT2D eigenvalue weighted by Gasteiger charge is -2.36. The van der Waals surface area contributed by atoms with E-state index in [9.17, 15) is 0 Å². The molecule has 0 N–H and O–H groups in total. The predicted molar refractivity (Wildman–Crippen MR) is 82.9 cm³/mol. The average Bonchev–Trinajstić information content (AvgIpc) is 3.20. The van der Waals surface area contributed by atoms with Crippen LogP contribution in [0.4, 0.5) is 5.95 Å². The van der Waals surface area contributed by atoms with Crippen molar-refractivity contribution in [2.45, 2.75) is 25.4 Å². The summed E-state index contributed by atoms with van der Waals surface area (Å²) >= 11 is 7.38. The molecular weight excluding hydrogens is 324 g/mol. The van der Waals surface area contributed by atoms with Crippen molar-refractivity contribution in [1.82, 2.24) is 34.7 Å². The smallest absolute Gasteiger partial charge is 0.245 e. The summed E-state index contributed by atoms with van der Waals surface area (Å²) in [6.45, 7) is 3.85. The van der Waals surface area contributed by atoms with Crippen LogP contribution in [-0.2, 0) is 13.6 Å². The third kappa shape index (κ3) is 2.46. The zero-order chi connectivity index (χ0) is 15.1. The van der Waals surface area contributed by atoms with E-state index in [4.69, 9.17) is 11.6 Å². The Hall–Kier alpha value is -1.32. The third-order valence-electron chi connectivity index (χ3n) is 4.59. The summed E-state index contributed by atoms with van der Waals surface area (Å²) in [5, 5.41) is 16.0. The summed E-state index contributed by atoms with van der Waals surface area (Å²) in [6.07, 6.45) is 2.44. The monoisotopic (exact) mass is 340 g/mol. The molecule has 0 radical (unpaired) electrons. The Labute approximate surface area is 137 Å². The second kappa shape index (κ2) is 5.71. The first-order valence-corrected chi connectivity index (χ1v) is 8.55. The highest BCUT2D eigenvalue weighted by atomic mass is 35.5. The van der Waals surface area contributed by atoms with Gasteiger partial charge in [0.25, 0.3) is 0 Å². The molecule has 0 saturated carbocycles. The molecule has 2 fully saturated rings. The van der Waals surface area contributed by atoms with Gasteiger partial charge in [-0.05, 0) is 29.2 Å². The maximum atomic E-state index is 6.13. The molecule has 118 valence electrons. The van der Waals surface area contributed by atoms with Crippen LogP contribution in [0.5, 0.6) is 0 Å². The van der Waals surface area contributed by atoms with Crippen LogP contribution in [0.3, 0.4) is 0 Å². The molecule has 10 heteroatoms. The van der Waals surface area contributed by atoms with Gasteiger partial charge in [-0.15, -0.1) is 5.10 Å². The number of hydrogen-bond donors (Lipinski definition) is 0. The van der Waals surface area contributed by atoms with Gasteiger partial charge in [0.2, 0.25) is 5.95 Å². The molecule has 4 heterocycles. The van der Waals surface area contributed by atoms with Crippen molar-refractivity contribution >= 4 is 29.1 Å². The van der Waals surface area contributed by atoms with E-state index in [0.29, 0.717) is 16.3 Å². The summed E-state index contributed by atoms with van der Waals surface area (Å²) in [5.74, 6) is 1.51. The summed E-state index contributed by atoms with van der Waals surface area (Å²) in [6, 6.07) is 0.462. The van der Waals surface area contributed by atoms with E-state index in [2.05, 4.69) is 34.9 Å². The molecule has 2 aliphatic rings. The number of tetrazole rings is 1. The number of likely N-dealkylation sites (tertiary alicyclic amines) is 1. The summed E-state index contributed by atoms with van der Waals surface area (Å²) < 4.78 is 6.37. The van der Waals surface area contributed by atoms with E-state index in [1.165, 1.54) is 24.4 Å². The van der Waals surface area contributed by atoms with E-state index in [1.54, 1.807) is 4.68 Å². The van der Waals surface area contributed by atoms with E-state index < -0.39 is 0 Å². The quantitative estimate of drug-likeness (QED) is 0.818. The van der Waals surface area contributed by atoms with E-state index >= 15 is 0 Å². The van der Waals surface area contributed by atoms with Gasteiger partial charge >= 0.3 is 0 Å². The second-order valence-corrected chi connectivity index (χ2v) is 7.31. The Bertz CT molecular complexity index is 657. The minimum atomic E-state index is 0.462. The van der Waals surface area contributed by atoms with Gasteiger partial charge in [-0.25, -0.2) is 4.68 Å². The van der Waals surface area contributed by atoms with Gasteiger partial charge in [0.1, 0.15) is 10.0 Å². The van der Waals surface area contributed by atoms with Crippen LogP contribution in [0.15, 0.2) is 0 Å². The molecule has 0 unspecified atom stereocenters. The van der Waals surface area contributed by atoms with Crippen LogP contribution in [0, 0.1) is 5.92 Å². The molecule has 0 bridgehead atoms. The molecule has 4 rings (SSSR count). The van der Waals surface area contributed by atoms with E-state index in [1.807, 2.05) is 7.05 Å². The summed E-state index contributed by atoms with van der Waals surface area (Å²) in [7, 11) is 1.90. The van der Waals surface area contributed by atoms with Crippen molar-refractivity contribution in [3.8, 4) is 0 Å². The molecule has 2 aromatic heterocycles. The van der Waals surface area contributed by atoms with Crippen molar-refractivity contribution < 1.29 is 0 Å². The molecule has 2 saturated heterocycles. The molecule has 2 aliphatic heterocycles. The Balaban J connectivity index is 1.51. The van der Waals surface area contributed by atoms with Crippen LogP contribution >= 0.6 is 23.1 Å². The lowest BCUT2D eigenvalue weighted by atomic mass is 9.92. The number of aryl methyl sites for hydroxylation is 1. The normalized spacial score (nSPS) is 25.6. The van der Waals surface area contributed by atoms with Crippen LogP contribution in [-0.4, -0.2) is 60.4 Å². The number of anilines is 1. The van der Waals surface area contributed by atoms with Gasteiger partial charge in [0.15, 0.2) is 0 Å². The molecular formula is C12H17ClN8S. The van der Waals surface area contributed by atoms with Gasteiger partial charge < -0.3 is 4.90 Å². The zero-order valence-corrected chi connectivity index (χ0v) is 13.8. The van der Waals surface area contributed by atoms with Crippen molar-refractivity contribution in [3.63, 3.8) is 0 Å². The van der Waals surface area contributed by atoms with Crippen molar-refractivity contribution in [1.29, 1.82) is 0 Å². The van der Waals surface area contributed by atoms with Crippen LogP contribution in [0.2, 0.25) is 4.34 Å². The number of hydrogen-bond acceptors (Lipinski definition) is 8. The number of halogens is 1. The first-order valence-electron chi connectivity index (χ1n) is 7.40. The molecule has 2 aromatic rings. The fourth-order valence-electron chi connectivity index (χ4n) is 3.62. The third-order valence-corrected chi connectivity index (χ3v) is 5.58. The fraction of sp³-hybridized carbons (Fsp3) is 0.750. The molecule has 22 heavy (non-hydrogen) atoms. The minimum Gasteiger partial charge on any atom is -0.335 e. The van der Waals surface area contributed by atoms with Gasteiger partial charge in [-0.1, -0.05) is 21.2 Å². The largest absolute Gasteiger partial charge is 0.335 e. The highest BCUT2D eigenvalue weighted by Gasteiger charge is 2.40. The van der Waals surface area contributed by atoms with Gasteiger partial charge in [0, 0.05) is 50.8 Å². The summed E-state index contributed by atoms with van der Waals surface area (Å²) in [4.78, 5) is 4.77. The Kier molecular flexibility index (Phi) is 3.71. The standard InChI is InChI=1S/C12H17ClN8S/c1-19-12(15-16-17-19)21-4-2-3-8-5-20(7-10(8)21)6-9-11(13)22-18-14-9/h8,10H,2-7H2,1H3/t8-,10-/m1/s1. The molecule has 0 aliphatic carbocycles. The maximum Gasteiger partial charge on any atom is 0.245 e. The summed E-state index contributed by atoms with van der Waals surface area (Å²) in [5.41, 5.74) is 0.886. The highest BCUT2D eigenvalue weighted by Crippen LogP contribution is 2.33. The van der Waals surface area contributed by atoms with Crippen molar-refractivity contribution in [2.24, 2.45) is 13.0 Å². The highest BCUT2D eigenvalue weighted by molar-refractivity contribution is 7.10. The Morgan fingerprint density at radius 1 is 1.32 bits per heavy atom. The lowest BCUT2D eigenvalue weighted by Crippen LogP contribution is -2.46. The number of aromatic nitrogens is 6. The minimum absolute atomic E-state index is 0.462. The predicted octanol–water partition coefficient (Wildman–Crippen LogP) is 0.816. The van der Waals surface area contributed by atoms with Gasteiger partial charge in [-0.2, -0.15) is 0 Å². The zero-order valence-electron chi connectivity index (χ0n) is 12.3. The van der Waals surface area contributed by atoms with E-state index in [-0.39, 0.29) is 0 Å². The second-order valence-electron chi connectivity index (χ2n) is 5.95. The van der Waals surface area contributed by atoms with Crippen molar-refractivity contribution in [2.75, 3.05) is 24.5 Å². The molecule has 0 aromatic carbocycles. The first-order chi connectivity index (χ1) is 10.7. The van der Waals surface area contributed by atoms with Gasteiger partial charge in [-0.3, -0.25) is 4.90 Å². The van der Waals surface area contributed by atoms with Crippen LogP contribution in [0.25, 0.3) is 0 Å². The topological polar surface area (TPSA) is 75.9 Å². The van der Waals surface area contributed by atoms with E-state index in [0.717, 1.165) is 37.8 Å². The molecule has 2 atom stereocenters. The van der Waals surface area contributed by atoms with Crippen molar-refractivity contribution in [3.05, 3.63) is 10.0 Å². The van der Waals surface area contributed by atoms with Crippen LogP contribution in [0.1, 0.15) is 18.5 Å².